The fraction of sp³-hybridized carbons (Fsp3) is 0.300. The molecule has 0 saturated heterocycles. The van der Waals surface area contributed by atoms with Gasteiger partial charge in [0.25, 0.3) is 11.8 Å². The fourth-order valence-electron chi connectivity index (χ4n) is 3.22. The highest BCUT2D eigenvalue weighted by atomic mass is 19.4. The van der Waals surface area contributed by atoms with Crippen molar-refractivity contribution in [1.29, 1.82) is 0 Å². The summed E-state index contributed by atoms with van der Waals surface area (Å²) in [5, 5.41) is 4.95. The monoisotopic (exact) mass is 471 g/mol. The Bertz CT molecular complexity index is 1130. The van der Waals surface area contributed by atoms with E-state index in [0.29, 0.717) is 18.1 Å². The lowest BCUT2D eigenvalue weighted by atomic mass is 10.0. The summed E-state index contributed by atoms with van der Waals surface area (Å²) < 4.78 is 79.1. The van der Waals surface area contributed by atoms with Gasteiger partial charge in [-0.25, -0.2) is 14.7 Å². The lowest BCUT2D eigenvalue weighted by molar-refractivity contribution is -0.143. The van der Waals surface area contributed by atoms with Crippen LogP contribution in [0.15, 0.2) is 42.3 Å². The zero-order valence-corrected chi connectivity index (χ0v) is 16.6. The zero-order chi connectivity index (χ0) is 24.0. The van der Waals surface area contributed by atoms with Gasteiger partial charge in [0.15, 0.2) is 5.82 Å². The molecule has 2 heterocycles. The van der Waals surface area contributed by atoms with E-state index >= 15 is 0 Å². The van der Waals surface area contributed by atoms with E-state index in [9.17, 15) is 35.9 Å². The second-order valence-electron chi connectivity index (χ2n) is 7.55. The van der Waals surface area contributed by atoms with Crippen LogP contribution in [0, 0.1) is 5.92 Å². The number of aromatic nitrogens is 3. The average Bonchev–Trinajstić information content (AvgIpc) is 3.36. The largest absolute Gasteiger partial charge is 0.416 e. The molecule has 174 valence electrons. The van der Waals surface area contributed by atoms with E-state index in [4.69, 9.17) is 0 Å². The first-order chi connectivity index (χ1) is 15.4. The second kappa shape index (κ2) is 8.05. The molecular formula is C20H15F6N5O2. The Labute approximate surface area is 182 Å². The molecule has 0 bridgehead atoms. The highest BCUT2D eigenvalue weighted by molar-refractivity contribution is 5.96. The van der Waals surface area contributed by atoms with E-state index in [1.165, 1.54) is 6.08 Å². The molecule has 1 fully saturated rings. The van der Waals surface area contributed by atoms with Crippen LogP contribution in [0.1, 0.15) is 24.0 Å². The van der Waals surface area contributed by atoms with Crippen LogP contribution in [0.4, 0.5) is 26.3 Å². The Morgan fingerprint density at radius 2 is 1.70 bits per heavy atom. The van der Waals surface area contributed by atoms with E-state index in [1.807, 2.05) is 0 Å². The summed E-state index contributed by atoms with van der Waals surface area (Å²) in [7, 11) is 0. The number of carbonyl (C=O) groups excluding carboxylic acids is 2. The smallest absolute Gasteiger partial charge is 0.268 e. The maximum atomic E-state index is 13.0. The lowest BCUT2D eigenvalue weighted by Gasteiger charge is -2.16. The standard InChI is InChI=1S/C20H15F6N5O2/c21-19(22,23)14-5-12(6-15(8-14)20(24,25)26)18-27-10-30(29-18)4-3-16(32)28-31-9-13(7-17(31)33)11-1-2-11/h3-8,10-11H,1-2,9H2,(H,28,32)/b4-3-. The topological polar surface area (TPSA) is 80.1 Å². The Kier molecular flexibility index (Phi) is 5.50. The summed E-state index contributed by atoms with van der Waals surface area (Å²) in [5.74, 6) is -1.06. The Morgan fingerprint density at radius 1 is 1.06 bits per heavy atom. The normalized spacial score (nSPS) is 17.1. The number of nitrogens with zero attached hydrogens (tertiary/aromatic N) is 4. The van der Waals surface area contributed by atoms with Crippen molar-refractivity contribution in [2.75, 3.05) is 6.54 Å². The summed E-state index contributed by atoms with van der Waals surface area (Å²) in [6.45, 7) is 0.285. The molecule has 2 amide bonds. The van der Waals surface area contributed by atoms with Crippen molar-refractivity contribution < 1.29 is 35.9 Å². The van der Waals surface area contributed by atoms with Crippen LogP contribution in [-0.4, -0.2) is 38.1 Å². The van der Waals surface area contributed by atoms with E-state index in [0.717, 1.165) is 46.7 Å². The van der Waals surface area contributed by atoms with Crippen LogP contribution in [0.5, 0.6) is 0 Å². The van der Waals surface area contributed by atoms with Gasteiger partial charge in [-0.2, -0.15) is 26.3 Å². The van der Waals surface area contributed by atoms with E-state index < -0.39 is 40.8 Å². The number of hydrazine groups is 1. The van der Waals surface area contributed by atoms with Gasteiger partial charge in [0.1, 0.15) is 6.33 Å². The maximum Gasteiger partial charge on any atom is 0.416 e. The SMILES string of the molecule is O=C(/C=C\n1cnc(-c2cc(C(F)(F)F)cc(C(F)(F)F)c2)n1)NN1CC(C2CC2)=CC1=O. The number of rotatable bonds is 5. The lowest BCUT2D eigenvalue weighted by Crippen LogP contribution is -2.42. The van der Waals surface area contributed by atoms with Crippen molar-refractivity contribution in [3.63, 3.8) is 0 Å². The molecule has 1 aliphatic carbocycles. The van der Waals surface area contributed by atoms with Crippen LogP contribution in [0.25, 0.3) is 17.6 Å². The molecule has 33 heavy (non-hydrogen) atoms. The molecule has 13 heteroatoms. The number of hydrogen-bond donors (Lipinski definition) is 1. The molecule has 1 aliphatic heterocycles. The number of alkyl halides is 6. The predicted octanol–water partition coefficient (Wildman–Crippen LogP) is 3.66. The molecule has 2 aliphatic rings. The second-order valence-corrected chi connectivity index (χ2v) is 7.55. The number of carbonyl (C=O) groups is 2. The minimum Gasteiger partial charge on any atom is -0.268 e. The van der Waals surface area contributed by atoms with Crippen LogP contribution >= 0.6 is 0 Å². The summed E-state index contributed by atoms with van der Waals surface area (Å²) in [6, 6.07) is 1.03. The molecule has 0 atom stereocenters. The third-order valence-corrected chi connectivity index (χ3v) is 5.00. The van der Waals surface area contributed by atoms with Crippen LogP contribution in [0.2, 0.25) is 0 Å². The van der Waals surface area contributed by atoms with Gasteiger partial charge >= 0.3 is 12.4 Å². The molecule has 1 N–H and O–H groups in total. The molecule has 4 rings (SSSR count). The van der Waals surface area contributed by atoms with Crippen molar-refractivity contribution in [3.05, 3.63) is 53.4 Å². The number of amides is 2. The average molecular weight is 471 g/mol. The Balaban J connectivity index is 1.47. The van der Waals surface area contributed by atoms with Gasteiger partial charge < -0.3 is 0 Å². The molecule has 1 saturated carbocycles. The van der Waals surface area contributed by atoms with Gasteiger partial charge in [-0.15, -0.1) is 5.10 Å². The Hall–Kier alpha value is -3.64. The van der Waals surface area contributed by atoms with E-state index in [-0.39, 0.29) is 18.5 Å². The summed E-state index contributed by atoms with van der Waals surface area (Å²) in [4.78, 5) is 27.7. The number of nitrogens with one attached hydrogen (secondary N) is 1. The summed E-state index contributed by atoms with van der Waals surface area (Å²) >= 11 is 0. The van der Waals surface area contributed by atoms with Crippen molar-refractivity contribution >= 4 is 18.0 Å². The molecule has 1 aromatic carbocycles. The Morgan fingerprint density at radius 3 is 2.27 bits per heavy atom. The highest BCUT2D eigenvalue weighted by Crippen LogP contribution is 2.39. The first-order valence-corrected chi connectivity index (χ1v) is 9.62. The first kappa shape index (κ1) is 22.6. The van der Waals surface area contributed by atoms with Gasteiger partial charge in [-0.05, 0) is 42.5 Å². The fourth-order valence-corrected chi connectivity index (χ4v) is 3.22. The molecule has 7 nitrogen and oxygen atoms in total. The molecule has 0 spiro atoms. The van der Waals surface area contributed by atoms with Gasteiger partial charge in [0, 0.05) is 23.9 Å². The number of hydrogen-bond acceptors (Lipinski definition) is 4. The summed E-state index contributed by atoms with van der Waals surface area (Å²) in [5.41, 5.74) is -0.135. The van der Waals surface area contributed by atoms with E-state index in [2.05, 4.69) is 15.5 Å². The molecule has 0 unspecified atom stereocenters. The molecule has 0 radical (unpaired) electrons. The third-order valence-electron chi connectivity index (χ3n) is 5.00. The quantitative estimate of drug-likeness (QED) is 0.533. The minimum atomic E-state index is -5.00. The maximum absolute atomic E-state index is 13.0. The molecular weight excluding hydrogens is 456 g/mol. The predicted molar refractivity (Wildman–Crippen MR) is 101 cm³/mol. The van der Waals surface area contributed by atoms with Gasteiger partial charge in [-0.1, -0.05) is 0 Å². The number of halogens is 6. The van der Waals surface area contributed by atoms with Gasteiger partial charge in [0.2, 0.25) is 0 Å². The van der Waals surface area contributed by atoms with Crippen LogP contribution < -0.4 is 5.43 Å². The third kappa shape index (κ3) is 5.23. The summed E-state index contributed by atoms with van der Waals surface area (Å²) in [6.07, 6.45) is -3.41. The highest BCUT2D eigenvalue weighted by Gasteiger charge is 2.37. The van der Waals surface area contributed by atoms with Crippen molar-refractivity contribution in [2.45, 2.75) is 25.2 Å². The van der Waals surface area contributed by atoms with Crippen molar-refractivity contribution in [2.24, 2.45) is 5.92 Å². The van der Waals surface area contributed by atoms with Crippen molar-refractivity contribution in [1.82, 2.24) is 25.2 Å². The zero-order valence-electron chi connectivity index (χ0n) is 16.6. The van der Waals surface area contributed by atoms with Gasteiger partial charge in [0.05, 0.1) is 17.7 Å². The van der Waals surface area contributed by atoms with E-state index in [1.54, 1.807) is 0 Å². The molecule has 1 aromatic heterocycles. The molecule has 2 aromatic rings. The van der Waals surface area contributed by atoms with Crippen LogP contribution in [0.3, 0.4) is 0 Å². The first-order valence-electron chi connectivity index (χ1n) is 9.62. The number of benzene rings is 1. The minimum absolute atomic E-state index is 0.00781. The van der Waals surface area contributed by atoms with Gasteiger partial charge in [-0.3, -0.25) is 15.0 Å². The van der Waals surface area contributed by atoms with Crippen molar-refractivity contribution in [3.8, 4) is 11.4 Å². The van der Waals surface area contributed by atoms with Crippen LogP contribution in [-0.2, 0) is 21.9 Å².